The molecule has 0 aliphatic rings. The van der Waals surface area contributed by atoms with Crippen LogP contribution in [0.5, 0.6) is 0 Å². The van der Waals surface area contributed by atoms with Crippen LogP contribution < -0.4 is 0 Å². The van der Waals surface area contributed by atoms with E-state index >= 15 is 0 Å². The van der Waals surface area contributed by atoms with Crippen LogP contribution in [-0.4, -0.2) is 5.11 Å². The summed E-state index contributed by atoms with van der Waals surface area (Å²) in [6.45, 7) is 5.21. The summed E-state index contributed by atoms with van der Waals surface area (Å²) in [6, 6.07) is 4.76. The molecule has 0 aromatic heterocycles. The summed E-state index contributed by atoms with van der Waals surface area (Å²) < 4.78 is 13.0. The van der Waals surface area contributed by atoms with Crippen LogP contribution in [0.15, 0.2) is 30.9 Å². The smallest absolute Gasteiger partial charge is 0.126 e. The predicted molar refractivity (Wildman–Crippen MR) is 50.9 cm³/mol. The van der Waals surface area contributed by atoms with Crippen LogP contribution in [0.1, 0.15) is 23.7 Å². The minimum Gasteiger partial charge on any atom is -0.388 e. The van der Waals surface area contributed by atoms with Crippen molar-refractivity contribution in [3.8, 4) is 0 Å². The minimum absolute atomic E-state index is 0.277. The molecular weight excluding hydrogens is 167 g/mol. The Bertz CT molecular complexity index is 307. The zero-order valence-electron chi connectivity index (χ0n) is 7.63. The van der Waals surface area contributed by atoms with Crippen LogP contribution in [-0.2, 0) is 0 Å². The molecule has 1 rings (SSSR count). The molecule has 0 radical (unpaired) electrons. The molecular formula is C11H13FO. The highest BCUT2D eigenvalue weighted by molar-refractivity contribution is 5.25. The highest BCUT2D eigenvalue weighted by Crippen LogP contribution is 2.19. The Balaban J connectivity index is 2.89. The molecule has 0 saturated carbocycles. The number of aliphatic hydroxyl groups excluding tert-OH is 1. The topological polar surface area (TPSA) is 20.2 Å². The van der Waals surface area contributed by atoms with Gasteiger partial charge in [0.1, 0.15) is 5.82 Å². The Labute approximate surface area is 77.5 Å². The second-order valence-electron chi connectivity index (χ2n) is 3.05. The standard InChI is InChI=1S/C11H13FO/c1-3-4-11(13)9-6-5-8(2)10(12)7-9/h3,5-7,11,13H,1,4H2,2H3/t11-/m0/s1. The second kappa shape index (κ2) is 4.19. The van der Waals surface area contributed by atoms with Crippen LogP contribution in [0.4, 0.5) is 4.39 Å². The molecule has 0 fully saturated rings. The number of aryl methyl sites for hydroxylation is 1. The van der Waals surface area contributed by atoms with Gasteiger partial charge in [0.05, 0.1) is 6.10 Å². The maximum Gasteiger partial charge on any atom is 0.126 e. The molecule has 0 saturated heterocycles. The van der Waals surface area contributed by atoms with Gasteiger partial charge in [0.2, 0.25) is 0 Å². The Kier molecular flexibility index (Phi) is 3.20. The van der Waals surface area contributed by atoms with Gasteiger partial charge < -0.3 is 5.11 Å². The molecule has 0 aliphatic carbocycles. The van der Waals surface area contributed by atoms with E-state index < -0.39 is 6.10 Å². The third kappa shape index (κ3) is 2.39. The molecule has 1 N–H and O–H groups in total. The van der Waals surface area contributed by atoms with E-state index in [0.29, 0.717) is 17.5 Å². The Morgan fingerprint density at radius 3 is 2.85 bits per heavy atom. The van der Waals surface area contributed by atoms with Crippen molar-refractivity contribution >= 4 is 0 Å². The lowest BCUT2D eigenvalue weighted by Crippen LogP contribution is -1.97. The minimum atomic E-state index is -0.646. The first-order chi connectivity index (χ1) is 6.15. The highest BCUT2D eigenvalue weighted by atomic mass is 19.1. The first kappa shape index (κ1) is 9.93. The number of rotatable bonds is 3. The lowest BCUT2D eigenvalue weighted by Gasteiger charge is -2.08. The van der Waals surface area contributed by atoms with Gasteiger partial charge in [0.15, 0.2) is 0 Å². The molecule has 1 nitrogen and oxygen atoms in total. The van der Waals surface area contributed by atoms with Crippen molar-refractivity contribution in [2.24, 2.45) is 0 Å². The van der Waals surface area contributed by atoms with E-state index in [4.69, 9.17) is 0 Å². The van der Waals surface area contributed by atoms with Gasteiger partial charge in [-0.05, 0) is 30.5 Å². The summed E-state index contributed by atoms with van der Waals surface area (Å²) >= 11 is 0. The monoisotopic (exact) mass is 180 g/mol. The quantitative estimate of drug-likeness (QED) is 0.709. The molecule has 1 atom stereocenters. The Hall–Kier alpha value is -1.15. The number of benzene rings is 1. The fourth-order valence-electron chi connectivity index (χ4n) is 1.11. The van der Waals surface area contributed by atoms with Gasteiger partial charge in [0, 0.05) is 0 Å². The van der Waals surface area contributed by atoms with Crippen LogP contribution in [0.25, 0.3) is 0 Å². The van der Waals surface area contributed by atoms with E-state index in [1.165, 1.54) is 6.07 Å². The summed E-state index contributed by atoms with van der Waals surface area (Å²) in [5.74, 6) is -0.277. The van der Waals surface area contributed by atoms with E-state index in [9.17, 15) is 9.50 Å². The molecule has 1 aromatic carbocycles. The summed E-state index contributed by atoms with van der Waals surface area (Å²) in [6.07, 6.45) is 1.41. The van der Waals surface area contributed by atoms with Crippen molar-refractivity contribution in [3.05, 3.63) is 47.8 Å². The van der Waals surface area contributed by atoms with Gasteiger partial charge in [-0.3, -0.25) is 0 Å². The number of halogens is 1. The first-order valence-electron chi connectivity index (χ1n) is 4.20. The first-order valence-corrected chi connectivity index (χ1v) is 4.20. The molecule has 70 valence electrons. The van der Waals surface area contributed by atoms with E-state index in [0.717, 1.165) is 0 Å². The van der Waals surface area contributed by atoms with Gasteiger partial charge in [-0.15, -0.1) is 6.58 Å². The van der Waals surface area contributed by atoms with Crippen molar-refractivity contribution in [2.75, 3.05) is 0 Å². The molecule has 2 heteroatoms. The number of hydrogen-bond donors (Lipinski definition) is 1. The number of aliphatic hydroxyl groups is 1. The normalized spacial score (nSPS) is 12.5. The SMILES string of the molecule is C=CC[C@H](O)c1ccc(C)c(F)c1. The molecule has 0 spiro atoms. The van der Waals surface area contributed by atoms with Crippen LogP contribution in [0, 0.1) is 12.7 Å². The number of hydrogen-bond acceptors (Lipinski definition) is 1. The molecule has 0 bridgehead atoms. The molecule has 0 amide bonds. The summed E-state index contributed by atoms with van der Waals surface area (Å²) in [5.41, 5.74) is 1.19. The van der Waals surface area contributed by atoms with E-state index in [-0.39, 0.29) is 5.82 Å². The van der Waals surface area contributed by atoms with Gasteiger partial charge in [-0.25, -0.2) is 4.39 Å². The van der Waals surface area contributed by atoms with Gasteiger partial charge in [-0.2, -0.15) is 0 Å². The van der Waals surface area contributed by atoms with Crippen molar-refractivity contribution in [2.45, 2.75) is 19.4 Å². The lowest BCUT2D eigenvalue weighted by molar-refractivity contribution is 0.181. The van der Waals surface area contributed by atoms with E-state index in [2.05, 4.69) is 6.58 Å². The second-order valence-corrected chi connectivity index (χ2v) is 3.05. The van der Waals surface area contributed by atoms with Crippen molar-refractivity contribution in [1.82, 2.24) is 0 Å². The predicted octanol–water partition coefficient (Wildman–Crippen LogP) is 2.74. The molecule has 0 heterocycles. The maximum atomic E-state index is 13.0. The molecule has 0 aliphatic heterocycles. The average molecular weight is 180 g/mol. The zero-order chi connectivity index (χ0) is 9.84. The Morgan fingerprint density at radius 1 is 1.62 bits per heavy atom. The van der Waals surface area contributed by atoms with Crippen molar-refractivity contribution < 1.29 is 9.50 Å². The van der Waals surface area contributed by atoms with Crippen molar-refractivity contribution in [3.63, 3.8) is 0 Å². The highest BCUT2D eigenvalue weighted by Gasteiger charge is 2.07. The maximum absolute atomic E-state index is 13.0. The summed E-state index contributed by atoms with van der Waals surface area (Å²) in [5, 5.41) is 9.50. The third-order valence-electron chi connectivity index (χ3n) is 1.97. The van der Waals surface area contributed by atoms with E-state index in [1.54, 1.807) is 25.1 Å². The summed E-state index contributed by atoms with van der Waals surface area (Å²) in [7, 11) is 0. The summed E-state index contributed by atoms with van der Waals surface area (Å²) in [4.78, 5) is 0. The van der Waals surface area contributed by atoms with Crippen LogP contribution >= 0.6 is 0 Å². The molecule has 1 aromatic rings. The lowest BCUT2D eigenvalue weighted by atomic mass is 10.0. The zero-order valence-corrected chi connectivity index (χ0v) is 7.63. The molecule has 0 unspecified atom stereocenters. The molecule has 13 heavy (non-hydrogen) atoms. The van der Waals surface area contributed by atoms with Crippen LogP contribution in [0.3, 0.4) is 0 Å². The fourth-order valence-corrected chi connectivity index (χ4v) is 1.11. The fraction of sp³-hybridized carbons (Fsp3) is 0.273. The van der Waals surface area contributed by atoms with Crippen molar-refractivity contribution in [1.29, 1.82) is 0 Å². The largest absolute Gasteiger partial charge is 0.388 e. The van der Waals surface area contributed by atoms with Gasteiger partial charge in [0.25, 0.3) is 0 Å². The van der Waals surface area contributed by atoms with Gasteiger partial charge in [-0.1, -0.05) is 18.2 Å². The van der Waals surface area contributed by atoms with Gasteiger partial charge >= 0.3 is 0 Å². The third-order valence-corrected chi connectivity index (χ3v) is 1.97. The van der Waals surface area contributed by atoms with Crippen LogP contribution in [0.2, 0.25) is 0 Å². The average Bonchev–Trinajstić information content (AvgIpc) is 2.10. The van der Waals surface area contributed by atoms with E-state index in [1.807, 2.05) is 0 Å². The Morgan fingerprint density at radius 2 is 2.31 bits per heavy atom.